The van der Waals surface area contributed by atoms with Crippen molar-refractivity contribution in [3.05, 3.63) is 28.8 Å². The van der Waals surface area contributed by atoms with E-state index < -0.39 is 10.7 Å². The van der Waals surface area contributed by atoms with Gasteiger partial charge in [-0.1, -0.05) is 40.9 Å². The standard InChI is InChI=1S/C9H8Cl3NO/c1-5-2-3-6(4-7(5)10)13-9(14)8(11)12/h2-4,8H,1H3,(H,13,14). The molecule has 0 fully saturated rings. The summed E-state index contributed by atoms with van der Waals surface area (Å²) in [6, 6.07) is 5.18. The number of aryl methyl sites for hydroxylation is 1. The molecule has 0 aliphatic carbocycles. The molecule has 14 heavy (non-hydrogen) atoms. The van der Waals surface area contributed by atoms with E-state index in [0.717, 1.165) is 5.56 Å². The summed E-state index contributed by atoms with van der Waals surface area (Å²) < 4.78 is 0. The van der Waals surface area contributed by atoms with Gasteiger partial charge in [0.2, 0.25) is 0 Å². The molecule has 0 saturated heterocycles. The van der Waals surface area contributed by atoms with Crippen LogP contribution in [-0.2, 0) is 4.79 Å². The third kappa shape index (κ3) is 3.05. The minimum absolute atomic E-state index is 0.465. The Morgan fingerprint density at radius 3 is 2.57 bits per heavy atom. The van der Waals surface area contributed by atoms with Gasteiger partial charge in [0, 0.05) is 10.7 Å². The van der Waals surface area contributed by atoms with Crippen molar-refractivity contribution < 1.29 is 4.79 Å². The Bertz CT molecular complexity index is 352. The number of nitrogens with one attached hydrogen (secondary N) is 1. The summed E-state index contributed by atoms with van der Waals surface area (Å²) in [5, 5.41) is 3.11. The molecule has 0 atom stereocenters. The molecule has 2 nitrogen and oxygen atoms in total. The van der Waals surface area contributed by atoms with Crippen LogP contribution in [0.3, 0.4) is 0 Å². The number of hydrogen-bond acceptors (Lipinski definition) is 1. The van der Waals surface area contributed by atoms with E-state index >= 15 is 0 Å². The van der Waals surface area contributed by atoms with Crippen molar-refractivity contribution in [2.45, 2.75) is 11.8 Å². The lowest BCUT2D eigenvalue weighted by molar-refractivity contribution is -0.114. The first-order valence-electron chi connectivity index (χ1n) is 3.86. The molecular weight excluding hydrogens is 244 g/mol. The lowest BCUT2D eigenvalue weighted by atomic mass is 10.2. The average Bonchev–Trinajstić information content (AvgIpc) is 2.11. The lowest BCUT2D eigenvalue weighted by Crippen LogP contribution is -2.18. The Morgan fingerprint density at radius 2 is 2.07 bits per heavy atom. The SMILES string of the molecule is Cc1ccc(NC(=O)C(Cl)Cl)cc1Cl. The topological polar surface area (TPSA) is 29.1 Å². The number of carbonyl (C=O) groups is 1. The number of alkyl halides is 2. The molecule has 0 spiro atoms. The van der Waals surface area contributed by atoms with Crippen molar-refractivity contribution in [2.75, 3.05) is 5.32 Å². The molecule has 1 aromatic carbocycles. The Hall–Kier alpha value is -0.440. The monoisotopic (exact) mass is 251 g/mol. The summed E-state index contributed by atoms with van der Waals surface area (Å²) >= 11 is 16.6. The Balaban J connectivity index is 2.78. The maximum absolute atomic E-state index is 11.1. The van der Waals surface area contributed by atoms with Crippen LogP contribution in [0.15, 0.2) is 18.2 Å². The van der Waals surface area contributed by atoms with E-state index in [4.69, 9.17) is 34.8 Å². The van der Waals surface area contributed by atoms with Gasteiger partial charge in [-0.2, -0.15) is 0 Å². The van der Waals surface area contributed by atoms with Gasteiger partial charge in [-0.15, -0.1) is 0 Å². The van der Waals surface area contributed by atoms with Crippen LogP contribution in [0, 0.1) is 6.92 Å². The maximum Gasteiger partial charge on any atom is 0.257 e. The first-order chi connectivity index (χ1) is 6.50. The number of benzene rings is 1. The zero-order valence-electron chi connectivity index (χ0n) is 7.35. The minimum atomic E-state index is -1.07. The predicted octanol–water partition coefficient (Wildman–Crippen LogP) is 3.39. The summed E-state index contributed by atoms with van der Waals surface area (Å²) in [7, 11) is 0. The number of halogens is 3. The van der Waals surface area contributed by atoms with E-state index in [-0.39, 0.29) is 0 Å². The third-order valence-corrected chi connectivity index (χ3v) is 2.44. The van der Waals surface area contributed by atoms with E-state index in [0.29, 0.717) is 10.7 Å². The number of rotatable bonds is 2. The second-order valence-electron chi connectivity index (χ2n) is 2.75. The van der Waals surface area contributed by atoms with Crippen LogP contribution in [0.2, 0.25) is 5.02 Å². The molecule has 5 heteroatoms. The molecule has 1 aromatic rings. The van der Waals surface area contributed by atoms with Gasteiger partial charge in [-0.3, -0.25) is 4.79 Å². The van der Waals surface area contributed by atoms with Crippen LogP contribution in [0.25, 0.3) is 0 Å². The van der Waals surface area contributed by atoms with E-state index in [1.165, 1.54) is 0 Å². The van der Waals surface area contributed by atoms with Crippen molar-refractivity contribution in [2.24, 2.45) is 0 Å². The van der Waals surface area contributed by atoms with Crippen LogP contribution in [0.1, 0.15) is 5.56 Å². The lowest BCUT2D eigenvalue weighted by Gasteiger charge is -2.06. The van der Waals surface area contributed by atoms with Gasteiger partial charge in [0.1, 0.15) is 0 Å². The summed E-state index contributed by atoms with van der Waals surface area (Å²) in [6.07, 6.45) is 0. The second kappa shape index (κ2) is 4.87. The Morgan fingerprint density at radius 1 is 1.43 bits per heavy atom. The van der Waals surface area contributed by atoms with E-state index in [1.807, 2.05) is 6.92 Å². The van der Waals surface area contributed by atoms with E-state index in [9.17, 15) is 4.79 Å². The molecule has 0 aliphatic rings. The summed E-state index contributed by atoms with van der Waals surface area (Å²) in [5.74, 6) is -0.465. The highest BCUT2D eigenvalue weighted by molar-refractivity contribution is 6.54. The van der Waals surface area contributed by atoms with E-state index in [1.54, 1.807) is 18.2 Å². The smallest absolute Gasteiger partial charge is 0.257 e. The minimum Gasteiger partial charge on any atom is -0.324 e. The third-order valence-electron chi connectivity index (χ3n) is 1.64. The van der Waals surface area contributed by atoms with Crippen LogP contribution in [0.4, 0.5) is 5.69 Å². The molecule has 0 unspecified atom stereocenters. The Kier molecular flexibility index (Phi) is 4.05. The fourth-order valence-electron chi connectivity index (χ4n) is 0.867. The first-order valence-corrected chi connectivity index (χ1v) is 5.11. The van der Waals surface area contributed by atoms with Gasteiger partial charge in [0.15, 0.2) is 4.84 Å². The van der Waals surface area contributed by atoms with Crippen LogP contribution in [0.5, 0.6) is 0 Å². The maximum atomic E-state index is 11.1. The van der Waals surface area contributed by atoms with Gasteiger partial charge >= 0.3 is 0 Å². The highest BCUT2D eigenvalue weighted by Gasteiger charge is 2.11. The van der Waals surface area contributed by atoms with Gasteiger partial charge in [0.05, 0.1) is 0 Å². The summed E-state index contributed by atoms with van der Waals surface area (Å²) in [6.45, 7) is 1.87. The molecular formula is C9H8Cl3NO. The molecule has 1 rings (SSSR count). The molecule has 0 aliphatic heterocycles. The quantitative estimate of drug-likeness (QED) is 0.803. The number of carbonyl (C=O) groups excluding carboxylic acids is 1. The van der Waals surface area contributed by atoms with Gasteiger partial charge in [0.25, 0.3) is 5.91 Å². The van der Waals surface area contributed by atoms with Crippen LogP contribution < -0.4 is 5.32 Å². The predicted molar refractivity (Wildman–Crippen MR) is 60.3 cm³/mol. The molecule has 0 bridgehead atoms. The molecule has 0 saturated carbocycles. The number of amides is 1. The van der Waals surface area contributed by atoms with Gasteiger partial charge in [-0.25, -0.2) is 0 Å². The van der Waals surface area contributed by atoms with Crippen molar-refractivity contribution >= 4 is 46.4 Å². The average molecular weight is 253 g/mol. The zero-order chi connectivity index (χ0) is 10.7. The highest BCUT2D eigenvalue weighted by atomic mass is 35.5. The zero-order valence-corrected chi connectivity index (χ0v) is 9.62. The molecule has 0 radical (unpaired) electrons. The van der Waals surface area contributed by atoms with E-state index in [2.05, 4.69) is 5.32 Å². The molecule has 0 heterocycles. The highest BCUT2D eigenvalue weighted by Crippen LogP contribution is 2.20. The van der Waals surface area contributed by atoms with Crippen LogP contribution in [-0.4, -0.2) is 10.7 Å². The van der Waals surface area contributed by atoms with Crippen molar-refractivity contribution in [1.29, 1.82) is 0 Å². The molecule has 76 valence electrons. The molecule has 1 amide bonds. The van der Waals surface area contributed by atoms with Gasteiger partial charge < -0.3 is 5.32 Å². The fourth-order valence-corrected chi connectivity index (χ4v) is 1.16. The number of hydrogen-bond donors (Lipinski definition) is 1. The first kappa shape index (κ1) is 11.6. The fraction of sp³-hybridized carbons (Fsp3) is 0.222. The van der Waals surface area contributed by atoms with Crippen molar-refractivity contribution in [1.82, 2.24) is 0 Å². The molecule has 1 N–H and O–H groups in total. The van der Waals surface area contributed by atoms with Crippen LogP contribution >= 0.6 is 34.8 Å². The second-order valence-corrected chi connectivity index (χ2v) is 4.26. The summed E-state index contributed by atoms with van der Waals surface area (Å²) in [5.41, 5.74) is 1.52. The van der Waals surface area contributed by atoms with Crippen molar-refractivity contribution in [3.8, 4) is 0 Å². The molecule has 0 aromatic heterocycles. The van der Waals surface area contributed by atoms with Gasteiger partial charge in [-0.05, 0) is 24.6 Å². The Labute approximate surface area is 97.1 Å². The summed E-state index contributed by atoms with van der Waals surface area (Å²) in [4.78, 5) is 10.0. The van der Waals surface area contributed by atoms with Crippen molar-refractivity contribution in [3.63, 3.8) is 0 Å². The number of anilines is 1. The normalized spacial score (nSPS) is 10.4. The largest absolute Gasteiger partial charge is 0.324 e.